The zero-order valence-corrected chi connectivity index (χ0v) is 21.3. The van der Waals surface area contributed by atoms with Gasteiger partial charge >= 0.3 is 0 Å². The van der Waals surface area contributed by atoms with Crippen LogP contribution >= 0.6 is 0 Å². The van der Waals surface area contributed by atoms with Gasteiger partial charge in [0.1, 0.15) is 11.6 Å². The lowest BCUT2D eigenvalue weighted by Gasteiger charge is -2.20. The van der Waals surface area contributed by atoms with Gasteiger partial charge in [0, 0.05) is 48.8 Å². The highest BCUT2D eigenvalue weighted by molar-refractivity contribution is 5.77. The number of carbonyl (C=O) groups excluding carboxylic acids is 1. The molecule has 0 spiro atoms. The Morgan fingerprint density at radius 1 is 1.14 bits per heavy atom. The molecule has 2 aliphatic heterocycles. The Morgan fingerprint density at radius 2 is 1.95 bits per heavy atom. The number of ether oxygens (including phenoxy) is 2. The van der Waals surface area contributed by atoms with Crippen LogP contribution in [-0.2, 0) is 22.6 Å². The number of aromatic nitrogens is 2. The van der Waals surface area contributed by atoms with Crippen molar-refractivity contribution < 1.29 is 14.3 Å². The highest BCUT2D eigenvalue weighted by Gasteiger charge is 2.20. The molecule has 3 aromatic rings. The third-order valence-corrected chi connectivity index (χ3v) is 6.46. The first-order valence-corrected chi connectivity index (χ1v) is 12.9. The monoisotopic (exact) mass is 502 g/mol. The molecule has 5 rings (SSSR count). The smallest absolute Gasteiger partial charge is 0.257 e. The number of hydrogen-bond donors (Lipinski definition) is 4. The first-order chi connectivity index (χ1) is 18.0. The molecule has 2 aliphatic rings. The molecule has 9 nitrogen and oxygen atoms in total. The maximum absolute atomic E-state index is 12.1. The summed E-state index contributed by atoms with van der Waals surface area (Å²) in [5, 5.41) is 6.36. The van der Waals surface area contributed by atoms with Crippen molar-refractivity contribution in [1.82, 2.24) is 26.1 Å². The quantitative estimate of drug-likeness (QED) is 0.353. The maximum Gasteiger partial charge on any atom is 0.257 e. The topological polar surface area (TPSA) is 109 Å². The van der Waals surface area contributed by atoms with Gasteiger partial charge in [-0.05, 0) is 35.7 Å². The second-order valence-corrected chi connectivity index (χ2v) is 9.84. The van der Waals surface area contributed by atoms with E-state index in [9.17, 15) is 4.79 Å². The number of fused-ring (bicyclic) bond motifs is 1. The third kappa shape index (κ3) is 6.43. The van der Waals surface area contributed by atoms with Crippen molar-refractivity contribution in [2.24, 2.45) is 5.92 Å². The zero-order valence-electron chi connectivity index (χ0n) is 21.3. The molecule has 0 radical (unpaired) electrons. The Labute approximate surface area is 217 Å². The Morgan fingerprint density at radius 3 is 2.73 bits per heavy atom. The van der Waals surface area contributed by atoms with Crippen LogP contribution in [0.1, 0.15) is 36.6 Å². The Bertz CT molecular complexity index is 1230. The van der Waals surface area contributed by atoms with Gasteiger partial charge in [-0.25, -0.2) is 9.97 Å². The molecule has 1 saturated heterocycles. The van der Waals surface area contributed by atoms with Crippen LogP contribution in [0.3, 0.4) is 0 Å². The lowest BCUT2D eigenvalue weighted by molar-refractivity contribution is -0.123. The molecule has 0 atom stereocenters. The first kappa shape index (κ1) is 25.1. The largest absolute Gasteiger partial charge is 0.484 e. The van der Waals surface area contributed by atoms with Crippen molar-refractivity contribution in [2.75, 3.05) is 38.2 Å². The van der Waals surface area contributed by atoms with Gasteiger partial charge in [0.25, 0.3) is 5.91 Å². The van der Waals surface area contributed by atoms with Gasteiger partial charge in [-0.15, -0.1) is 0 Å². The fourth-order valence-corrected chi connectivity index (χ4v) is 4.38. The molecule has 9 heteroatoms. The molecule has 2 aromatic carbocycles. The lowest BCUT2D eigenvalue weighted by atomic mass is 10.0. The van der Waals surface area contributed by atoms with Gasteiger partial charge in [0.2, 0.25) is 0 Å². The number of nitrogens with one attached hydrogen (secondary N) is 4. The van der Waals surface area contributed by atoms with Gasteiger partial charge in [-0.1, -0.05) is 38.1 Å². The van der Waals surface area contributed by atoms with Crippen LogP contribution in [0.4, 0.5) is 11.5 Å². The number of benzene rings is 2. The van der Waals surface area contributed by atoms with Crippen molar-refractivity contribution in [3.05, 3.63) is 65.4 Å². The molecule has 194 valence electrons. The van der Waals surface area contributed by atoms with E-state index in [1.807, 2.05) is 24.3 Å². The van der Waals surface area contributed by atoms with E-state index in [1.165, 1.54) is 5.56 Å². The summed E-state index contributed by atoms with van der Waals surface area (Å²) in [7, 11) is 0. The molecule has 1 aromatic heterocycles. The van der Waals surface area contributed by atoms with E-state index in [0.29, 0.717) is 43.2 Å². The molecule has 1 fully saturated rings. The van der Waals surface area contributed by atoms with Gasteiger partial charge in [-0.3, -0.25) is 15.6 Å². The van der Waals surface area contributed by atoms with Crippen LogP contribution in [-0.4, -0.2) is 48.7 Å². The first-order valence-electron chi connectivity index (χ1n) is 12.9. The number of hydrogen-bond acceptors (Lipinski definition) is 8. The maximum atomic E-state index is 12.1. The predicted molar refractivity (Wildman–Crippen MR) is 143 cm³/mol. The molecular formula is C28H34N6O3. The molecule has 0 unspecified atom stereocenters. The van der Waals surface area contributed by atoms with Crippen molar-refractivity contribution in [3.63, 3.8) is 0 Å². The van der Waals surface area contributed by atoms with E-state index in [1.54, 1.807) is 0 Å². The van der Waals surface area contributed by atoms with Crippen LogP contribution in [0.5, 0.6) is 5.75 Å². The Hall–Kier alpha value is -3.53. The van der Waals surface area contributed by atoms with Gasteiger partial charge in [0.15, 0.2) is 12.4 Å². The normalized spacial score (nSPS) is 15.4. The van der Waals surface area contributed by atoms with Crippen LogP contribution in [0, 0.1) is 5.92 Å². The minimum atomic E-state index is -0.137. The van der Waals surface area contributed by atoms with Crippen LogP contribution in [0.25, 0.3) is 11.4 Å². The summed E-state index contributed by atoms with van der Waals surface area (Å²) in [6.07, 6.45) is 0.729. The molecule has 4 N–H and O–H groups in total. The summed E-state index contributed by atoms with van der Waals surface area (Å²) < 4.78 is 11.5. The van der Waals surface area contributed by atoms with Gasteiger partial charge < -0.3 is 20.1 Å². The molecule has 0 aliphatic carbocycles. The summed E-state index contributed by atoms with van der Waals surface area (Å²) in [4.78, 5) is 21.8. The summed E-state index contributed by atoms with van der Waals surface area (Å²) in [5.74, 6) is 2.68. The van der Waals surface area contributed by atoms with Crippen molar-refractivity contribution in [1.29, 1.82) is 0 Å². The summed E-state index contributed by atoms with van der Waals surface area (Å²) >= 11 is 0. The third-order valence-electron chi connectivity index (χ3n) is 6.46. The SMILES string of the molecule is CC(C)CNC(=O)COc1cccc(-c2nc3c(c(Nc4ccc(C5CNNC5)cc4)n2)COCC3)c1. The number of amides is 1. The van der Waals surface area contributed by atoms with Crippen LogP contribution in [0.15, 0.2) is 48.5 Å². The number of carbonyl (C=O) groups is 1. The molecule has 0 bridgehead atoms. The predicted octanol–water partition coefficient (Wildman–Crippen LogP) is 3.30. The van der Waals surface area contributed by atoms with E-state index in [0.717, 1.165) is 47.8 Å². The minimum Gasteiger partial charge on any atom is -0.484 e. The minimum absolute atomic E-state index is 0.0334. The molecule has 0 saturated carbocycles. The van der Waals surface area contributed by atoms with Crippen molar-refractivity contribution >= 4 is 17.4 Å². The van der Waals surface area contributed by atoms with E-state index in [-0.39, 0.29) is 12.5 Å². The van der Waals surface area contributed by atoms with Crippen molar-refractivity contribution in [3.8, 4) is 17.1 Å². The number of hydrazine groups is 1. The standard InChI is InChI=1S/C28H34N6O3/c1-18(2)13-29-26(35)17-37-23-5-3-4-20(12-23)27-33-25-10-11-36-16-24(25)28(34-27)32-22-8-6-19(7-9-22)21-14-30-31-15-21/h3-9,12,18,21,30-31H,10-11,13-17H2,1-2H3,(H,29,35)(H,32,33,34). The van der Waals surface area contributed by atoms with Crippen molar-refractivity contribution in [2.45, 2.75) is 32.8 Å². The van der Waals surface area contributed by atoms with E-state index in [2.05, 4.69) is 59.6 Å². The highest BCUT2D eigenvalue weighted by Crippen LogP contribution is 2.30. The summed E-state index contributed by atoms with van der Waals surface area (Å²) in [6, 6.07) is 16.0. The van der Waals surface area contributed by atoms with Crippen LogP contribution in [0.2, 0.25) is 0 Å². The average molecular weight is 503 g/mol. The molecule has 37 heavy (non-hydrogen) atoms. The number of anilines is 2. The fraction of sp³-hybridized carbons (Fsp3) is 0.393. The Balaban J connectivity index is 1.35. The highest BCUT2D eigenvalue weighted by atomic mass is 16.5. The second-order valence-electron chi connectivity index (χ2n) is 9.84. The summed E-state index contributed by atoms with van der Waals surface area (Å²) in [6.45, 7) is 7.67. The van der Waals surface area contributed by atoms with E-state index in [4.69, 9.17) is 19.4 Å². The van der Waals surface area contributed by atoms with Gasteiger partial charge in [-0.2, -0.15) is 0 Å². The molecular weight excluding hydrogens is 468 g/mol. The van der Waals surface area contributed by atoms with Crippen LogP contribution < -0.4 is 26.2 Å². The summed E-state index contributed by atoms with van der Waals surface area (Å²) in [5.41, 5.74) is 11.4. The van der Waals surface area contributed by atoms with E-state index < -0.39 is 0 Å². The van der Waals surface area contributed by atoms with E-state index >= 15 is 0 Å². The zero-order chi connectivity index (χ0) is 25.6. The number of nitrogens with zero attached hydrogens (tertiary/aromatic N) is 2. The molecule has 1 amide bonds. The second kappa shape index (κ2) is 11.7. The average Bonchev–Trinajstić information content (AvgIpc) is 3.46. The Kier molecular flexibility index (Phi) is 7.93. The number of rotatable bonds is 9. The molecule has 3 heterocycles. The van der Waals surface area contributed by atoms with Gasteiger partial charge in [0.05, 0.1) is 18.9 Å². The fourth-order valence-electron chi connectivity index (χ4n) is 4.38. The lowest BCUT2D eigenvalue weighted by Crippen LogP contribution is -2.31.